The van der Waals surface area contributed by atoms with Crippen molar-refractivity contribution in [2.75, 3.05) is 20.2 Å². The van der Waals surface area contributed by atoms with Gasteiger partial charge in [0, 0.05) is 41.3 Å². The minimum absolute atomic E-state index is 0.0366. The maximum absolute atomic E-state index is 12.6. The zero-order valence-corrected chi connectivity index (χ0v) is 12.4. The molecular formula is C13H15N7O3. The van der Waals surface area contributed by atoms with E-state index in [0.717, 1.165) is 0 Å². The molecule has 1 aliphatic rings. The Kier molecular flexibility index (Phi) is 5.40. The summed E-state index contributed by atoms with van der Waals surface area (Å²) in [5.41, 5.74) is 18.1. The van der Waals surface area contributed by atoms with Gasteiger partial charge in [0.2, 0.25) is 0 Å². The molecule has 0 aliphatic carbocycles. The van der Waals surface area contributed by atoms with Crippen LogP contribution in [0.4, 0.5) is 5.69 Å². The Morgan fingerprint density at radius 3 is 2.78 bits per heavy atom. The van der Waals surface area contributed by atoms with E-state index >= 15 is 0 Å². The molecule has 2 rings (SSSR count). The van der Waals surface area contributed by atoms with Crippen molar-refractivity contribution in [3.63, 3.8) is 0 Å². The quantitative estimate of drug-likeness (QED) is 0.504. The van der Waals surface area contributed by atoms with Gasteiger partial charge in [0.05, 0.1) is 12.6 Å². The monoisotopic (exact) mass is 317 g/mol. The van der Waals surface area contributed by atoms with Gasteiger partial charge in [-0.3, -0.25) is 4.79 Å². The lowest BCUT2D eigenvalue weighted by atomic mass is 10.1. The van der Waals surface area contributed by atoms with Crippen LogP contribution in [-0.4, -0.2) is 48.3 Å². The Labute approximate surface area is 131 Å². The summed E-state index contributed by atoms with van der Waals surface area (Å²) in [4.78, 5) is 19.4. The first-order valence-electron chi connectivity index (χ1n) is 6.79. The van der Waals surface area contributed by atoms with Crippen molar-refractivity contribution in [3.05, 3.63) is 50.2 Å². The third kappa shape index (κ3) is 3.91. The molecule has 0 saturated carbocycles. The highest BCUT2D eigenvalue weighted by Gasteiger charge is 2.34. The summed E-state index contributed by atoms with van der Waals surface area (Å²) < 4.78 is 5.11. The number of aliphatic hydroxyl groups excluding tert-OH is 1. The molecule has 120 valence electrons. The molecule has 1 aromatic rings. The van der Waals surface area contributed by atoms with E-state index in [1.807, 2.05) is 0 Å². The second-order valence-electron chi connectivity index (χ2n) is 5.02. The van der Waals surface area contributed by atoms with E-state index in [-0.39, 0.29) is 31.2 Å². The zero-order valence-electron chi connectivity index (χ0n) is 12.4. The number of hydrogen-bond acceptors (Lipinski definition) is 5. The Morgan fingerprint density at radius 2 is 2.17 bits per heavy atom. The van der Waals surface area contributed by atoms with Crippen LogP contribution in [0.15, 0.2) is 28.4 Å². The van der Waals surface area contributed by atoms with Gasteiger partial charge in [-0.05, 0) is 34.8 Å². The number of methoxy groups -OCH3 is 1. The van der Waals surface area contributed by atoms with Crippen molar-refractivity contribution in [2.45, 2.75) is 18.8 Å². The zero-order chi connectivity index (χ0) is 16.8. The number of rotatable bonds is 5. The fraction of sp³-hybridized carbons (Fsp3) is 0.462. The molecule has 1 amide bonds. The van der Waals surface area contributed by atoms with Crippen LogP contribution in [0.25, 0.3) is 20.9 Å². The molecule has 0 radical (unpaired) electrons. The molecule has 10 heteroatoms. The first kappa shape index (κ1) is 16.6. The van der Waals surface area contributed by atoms with Gasteiger partial charge in [0.1, 0.15) is 6.10 Å². The molecule has 1 saturated heterocycles. The van der Waals surface area contributed by atoms with Gasteiger partial charge in [0.15, 0.2) is 0 Å². The maximum atomic E-state index is 12.6. The summed E-state index contributed by atoms with van der Waals surface area (Å²) in [5, 5.41) is 16.8. The molecule has 0 unspecified atom stereocenters. The fourth-order valence-corrected chi connectivity index (χ4v) is 2.45. The van der Waals surface area contributed by atoms with Crippen LogP contribution in [0.5, 0.6) is 0 Å². The second kappa shape index (κ2) is 7.48. The molecule has 0 bridgehead atoms. The molecule has 1 aromatic carbocycles. The largest absolute Gasteiger partial charge is 0.388 e. The lowest BCUT2D eigenvalue weighted by Crippen LogP contribution is -2.30. The highest BCUT2D eigenvalue weighted by molar-refractivity contribution is 5.95. The minimum Gasteiger partial charge on any atom is -0.388 e. The van der Waals surface area contributed by atoms with E-state index in [2.05, 4.69) is 20.1 Å². The summed E-state index contributed by atoms with van der Waals surface area (Å²) >= 11 is 0. The minimum atomic E-state index is -0.744. The number of benzene rings is 1. The molecule has 23 heavy (non-hydrogen) atoms. The van der Waals surface area contributed by atoms with Crippen molar-refractivity contribution in [1.29, 1.82) is 0 Å². The number of carbonyl (C=O) groups excluding carboxylic acids is 1. The summed E-state index contributed by atoms with van der Waals surface area (Å²) in [6.07, 6.45) is -1.17. The lowest BCUT2D eigenvalue weighted by Gasteiger charge is -2.16. The number of azide groups is 2. The van der Waals surface area contributed by atoms with Crippen molar-refractivity contribution >= 4 is 11.6 Å². The number of hydrogen-bond donors (Lipinski definition) is 1. The van der Waals surface area contributed by atoms with E-state index in [1.54, 1.807) is 12.1 Å². The number of nitrogens with zero attached hydrogens (tertiary/aromatic N) is 7. The highest BCUT2D eigenvalue weighted by atomic mass is 16.5. The van der Waals surface area contributed by atoms with Gasteiger partial charge in [0.25, 0.3) is 5.91 Å². The molecule has 1 aliphatic heterocycles. The molecule has 1 heterocycles. The topological polar surface area (TPSA) is 147 Å². The Morgan fingerprint density at radius 1 is 1.39 bits per heavy atom. The van der Waals surface area contributed by atoms with Crippen LogP contribution in [-0.2, 0) is 11.3 Å². The number of likely N-dealkylation sites (tertiary alicyclic amines) is 1. The average Bonchev–Trinajstić information content (AvgIpc) is 2.93. The molecule has 0 aromatic heterocycles. The predicted octanol–water partition coefficient (Wildman–Crippen LogP) is 2.27. The summed E-state index contributed by atoms with van der Waals surface area (Å²) in [6, 6.07) is 4.57. The van der Waals surface area contributed by atoms with Crippen molar-refractivity contribution in [2.24, 2.45) is 10.2 Å². The van der Waals surface area contributed by atoms with E-state index in [9.17, 15) is 9.90 Å². The molecule has 2 atom stereocenters. The number of carbonyl (C=O) groups is 1. The molecule has 1 fully saturated rings. The number of ether oxygens (including phenoxy) is 1. The van der Waals surface area contributed by atoms with Gasteiger partial charge in [-0.1, -0.05) is 10.2 Å². The predicted molar refractivity (Wildman–Crippen MR) is 80.8 cm³/mol. The van der Waals surface area contributed by atoms with E-state index in [4.69, 9.17) is 15.8 Å². The van der Waals surface area contributed by atoms with E-state index in [0.29, 0.717) is 11.1 Å². The van der Waals surface area contributed by atoms with Crippen molar-refractivity contribution in [3.8, 4) is 0 Å². The van der Waals surface area contributed by atoms with Crippen LogP contribution >= 0.6 is 0 Å². The number of aliphatic hydroxyl groups is 1. The third-order valence-corrected chi connectivity index (χ3v) is 3.53. The third-order valence-electron chi connectivity index (χ3n) is 3.53. The first-order valence-corrected chi connectivity index (χ1v) is 6.79. The van der Waals surface area contributed by atoms with Gasteiger partial charge >= 0.3 is 0 Å². The van der Waals surface area contributed by atoms with Crippen LogP contribution in [0.3, 0.4) is 0 Å². The smallest absolute Gasteiger partial charge is 0.254 e. The summed E-state index contributed by atoms with van der Waals surface area (Å²) in [7, 11) is 1.47. The van der Waals surface area contributed by atoms with E-state index in [1.165, 1.54) is 18.1 Å². The van der Waals surface area contributed by atoms with Gasteiger partial charge < -0.3 is 14.7 Å². The van der Waals surface area contributed by atoms with Gasteiger partial charge in [-0.25, -0.2) is 0 Å². The molecular weight excluding hydrogens is 302 g/mol. The molecule has 1 N–H and O–H groups in total. The van der Waals surface area contributed by atoms with Gasteiger partial charge in [-0.15, -0.1) is 0 Å². The Balaban J connectivity index is 2.30. The van der Waals surface area contributed by atoms with E-state index < -0.39 is 12.2 Å². The molecule has 0 spiro atoms. The number of β-amino-alcohol motifs (C(OH)–C–C–N with tert-alkyl or cyclic N) is 1. The normalized spacial score (nSPS) is 19.8. The van der Waals surface area contributed by atoms with Crippen LogP contribution < -0.4 is 0 Å². The maximum Gasteiger partial charge on any atom is 0.254 e. The van der Waals surface area contributed by atoms with Crippen molar-refractivity contribution in [1.82, 2.24) is 4.90 Å². The average molecular weight is 317 g/mol. The van der Waals surface area contributed by atoms with Gasteiger partial charge in [-0.2, -0.15) is 0 Å². The lowest BCUT2D eigenvalue weighted by molar-refractivity contribution is 0.0215. The molecule has 10 nitrogen and oxygen atoms in total. The Bertz CT molecular complexity index is 695. The first-order chi connectivity index (χ1) is 11.1. The van der Waals surface area contributed by atoms with Crippen LogP contribution in [0.2, 0.25) is 0 Å². The Hall–Kier alpha value is -2.77. The summed E-state index contributed by atoms with van der Waals surface area (Å²) in [5.74, 6) is -0.319. The second-order valence-corrected chi connectivity index (χ2v) is 5.02. The van der Waals surface area contributed by atoms with Crippen molar-refractivity contribution < 1.29 is 14.6 Å². The SMILES string of the molecule is CO[C@@H]1CN(C(=O)c2cc(CN=[N+]=[N-])cc(N=[N+]=[N-])c2)C[C@H]1O. The number of amides is 1. The summed E-state index contributed by atoms with van der Waals surface area (Å²) in [6.45, 7) is 0.470. The fourth-order valence-electron chi connectivity index (χ4n) is 2.45. The standard InChI is InChI=1S/C13H15N7O3/c1-23-12-7-20(6-11(12)21)13(22)9-2-8(5-16-18-14)3-10(4-9)17-19-15/h2-4,11-12,21H,5-7H2,1H3/t11-,12-/m1/s1. The van der Waals surface area contributed by atoms with Crippen LogP contribution in [0, 0.1) is 0 Å². The highest BCUT2D eigenvalue weighted by Crippen LogP contribution is 2.22. The van der Waals surface area contributed by atoms with Crippen LogP contribution in [0.1, 0.15) is 15.9 Å².